The summed E-state index contributed by atoms with van der Waals surface area (Å²) < 4.78 is 15.8. The molecule has 22 rings (SSSR count). The highest BCUT2D eigenvalue weighted by molar-refractivity contribution is 6.15. The van der Waals surface area contributed by atoms with Gasteiger partial charge in [0, 0.05) is 82.0 Å². The summed E-state index contributed by atoms with van der Waals surface area (Å²) in [4.78, 5) is 0. The van der Waals surface area contributed by atoms with Crippen molar-refractivity contribution in [2.24, 2.45) is 0 Å². The summed E-state index contributed by atoms with van der Waals surface area (Å²) >= 11 is 0. The minimum absolute atomic E-state index is 0.0566. The first kappa shape index (κ1) is 59.4. The van der Waals surface area contributed by atoms with Crippen LogP contribution in [-0.4, -0.2) is 18.3 Å². The fraction of sp³-hybridized carbons (Fsp3) is 0.0303. The molecule has 5 heterocycles. The third kappa shape index (κ3) is 9.27. The highest BCUT2D eigenvalue weighted by atomic mass is 16.3. The van der Waals surface area contributed by atoms with Crippen LogP contribution in [0.1, 0.15) is 25.0 Å². The van der Waals surface area contributed by atoms with E-state index in [1.54, 1.807) is 0 Å². The van der Waals surface area contributed by atoms with E-state index in [0.717, 1.165) is 39.0 Å². The van der Waals surface area contributed by atoms with E-state index in [-0.39, 0.29) is 5.41 Å². The van der Waals surface area contributed by atoms with E-state index in [0.29, 0.717) is 0 Å². The quantitative estimate of drug-likeness (QED) is 0.149. The Labute approximate surface area is 600 Å². The molecule has 21 aromatic rings. The third-order valence-corrected chi connectivity index (χ3v) is 22.3. The zero-order valence-corrected chi connectivity index (χ0v) is 57.3. The van der Waals surface area contributed by atoms with E-state index in [2.05, 4.69) is 384 Å². The molecule has 0 saturated carbocycles. The second-order valence-corrected chi connectivity index (χ2v) is 28.3. The van der Waals surface area contributed by atoms with Gasteiger partial charge in [-0.15, -0.1) is 0 Å². The van der Waals surface area contributed by atoms with Crippen LogP contribution in [-0.2, 0) is 5.41 Å². The second kappa shape index (κ2) is 23.3. The molecule has 1 aliphatic rings. The van der Waals surface area contributed by atoms with Crippen LogP contribution in [0.15, 0.2) is 368 Å². The molecular weight excluding hydrogens is 1260 g/mol. The average Bonchev–Trinajstić information content (AvgIpc) is 1.58. The van der Waals surface area contributed by atoms with E-state index in [1.807, 2.05) is 12.1 Å². The van der Waals surface area contributed by atoms with Crippen molar-refractivity contribution in [1.82, 2.24) is 18.3 Å². The topological polar surface area (TPSA) is 32.9 Å². The number of benzene rings is 16. The van der Waals surface area contributed by atoms with Gasteiger partial charge >= 0.3 is 0 Å². The molecule has 0 bridgehead atoms. The van der Waals surface area contributed by atoms with Crippen LogP contribution in [0.5, 0.6) is 0 Å². The molecule has 488 valence electrons. The van der Waals surface area contributed by atoms with E-state index < -0.39 is 0 Å². The van der Waals surface area contributed by atoms with Gasteiger partial charge in [0.05, 0.1) is 44.1 Å². The highest BCUT2D eigenvalue weighted by Crippen LogP contribution is 2.50. The van der Waals surface area contributed by atoms with Gasteiger partial charge in [-0.3, -0.25) is 0 Å². The zero-order valence-electron chi connectivity index (χ0n) is 57.3. The molecule has 0 N–H and O–H groups in total. The van der Waals surface area contributed by atoms with Crippen molar-refractivity contribution in [2.75, 3.05) is 0 Å². The van der Waals surface area contributed by atoms with Gasteiger partial charge in [0.2, 0.25) is 0 Å². The molecule has 0 unspecified atom stereocenters. The Hall–Kier alpha value is -13.5. The van der Waals surface area contributed by atoms with E-state index in [4.69, 9.17) is 4.42 Å². The summed E-state index contributed by atoms with van der Waals surface area (Å²) in [5, 5.41) is 12.3. The maximum absolute atomic E-state index is 6.16. The van der Waals surface area contributed by atoms with Gasteiger partial charge in [0.15, 0.2) is 0 Å². The number of rotatable bonds is 8. The molecule has 0 saturated heterocycles. The van der Waals surface area contributed by atoms with Gasteiger partial charge in [0.1, 0.15) is 11.2 Å². The Morgan fingerprint density at radius 3 is 1.05 bits per heavy atom. The third-order valence-electron chi connectivity index (χ3n) is 22.3. The second-order valence-electron chi connectivity index (χ2n) is 28.3. The molecule has 0 amide bonds. The first-order valence-electron chi connectivity index (χ1n) is 35.9. The molecule has 104 heavy (non-hydrogen) atoms. The van der Waals surface area contributed by atoms with Gasteiger partial charge in [-0.2, -0.15) is 0 Å². The molecule has 1 aliphatic carbocycles. The lowest BCUT2D eigenvalue weighted by atomic mass is 9.82. The number of furan rings is 1. The Morgan fingerprint density at radius 1 is 0.192 bits per heavy atom. The molecule has 0 fully saturated rings. The Bertz CT molecular complexity index is 7040. The van der Waals surface area contributed by atoms with Crippen LogP contribution in [0.3, 0.4) is 0 Å². The fourth-order valence-corrected chi connectivity index (χ4v) is 17.3. The minimum atomic E-state index is -0.0566. The van der Waals surface area contributed by atoms with Crippen LogP contribution >= 0.6 is 0 Å². The van der Waals surface area contributed by atoms with Crippen LogP contribution in [0.25, 0.3) is 188 Å². The molecular formula is C99H66N4O. The largest absolute Gasteiger partial charge is 0.456 e. The number of para-hydroxylation sites is 5. The van der Waals surface area contributed by atoms with E-state index in [1.165, 1.54) is 160 Å². The number of aromatic nitrogens is 4. The first-order valence-corrected chi connectivity index (χ1v) is 35.9. The molecule has 5 aromatic heterocycles. The van der Waals surface area contributed by atoms with E-state index in [9.17, 15) is 0 Å². The smallest absolute Gasteiger partial charge is 0.135 e. The maximum Gasteiger partial charge on any atom is 0.135 e. The normalized spacial score (nSPS) is 12.6. The Balaban J connectivity index is 0.000000134. The standard InChI is InChI=1S/C51H36N2.C48H30N2O/c1-51(2)45-17-9-6-14-39(45)40-28-26-38(32-46(40)51)53-48-19-11-8-16-42(48)44-30-35(23-29-49(44)53)36-22-27-43-41-15-7-10-18-47(41)52(50(43)31-36)37-24-20-34(21-25-37)33-12-4-3-5-13-33;1-2-10-31(11-3-1)32-18-22-35(23-19-32)49-43-15-7-4-12-37(43)39-25-20-34(29-46(39)49)33-21-26-45-41(28-33)38-13-5-8-16-44(38)50(45)36-24-27-48-42(30-36)40-14-6-9-17-47(40)51-48/h3-32H,1-2H3;1-30H. The minimum Gasteiger partial charge on any atom is -0.456 e. The summed E-state index contributed by atoms with van der Waals surface area (Å²) in [6, 6.07) is 133. The van der Waals surface area contributed by atoms with Gasteiger partial charge in [0.25, 0.3) is 0 Å². The molecule has 0 atom stereocenters. The predicted molar refractivity (Wildman–Crippen MR) is 437 cm³/mol. The van der Waals surface area contributed by atoms with Crippen molar-refractivity contribution < 1.29 is 4.42 Å². The first-order chi connectivity index (χ1) is 51.3. The predicted octanol–water partition coefficient (Wildman–Crippen LogP) is 26.6. The SMILES string of the molecule is CC1(C)c2ccccc2-c2ccc(-n3c4ccccc4c4cc(-c5ccc6c7ccccc7n(-c7ccc(-c8ccccc8)cc7)c6c5)ccc43)cc21.c1ccc(-c2ccc(-n3c4ccccc4c4ccc(-c5ccc6c(c5)c5ccccc5n6-c5ccc6oc7ccccc7c6c5)cc43)cc2)cc1. The van der Waals surface area contributed by atoms with Crippen molar-refractivity contribution in [2.45, 2.75) is 19.3 Å². The number of nitrogens with zero attached hydrogens (tertiary/aromatic N) is 4. The number of hydrogen-bond acceptors (Lipinski definition) is 1. The van der Waals surface area contributed by atoms with Crippen LogP contribution < -0.4 is 0 Å². The monoisotopic (exact) mass is 1330 g/mol. The van der Waals surface area contributed by atoms with Crippen molar-refractivity contribution in [3.8, 4) is 78.4 Å². The molecule has 0 aliphatic heterocycles. The summed E-state index contributed by atoms with van der Waals surface area (Å²) in [7, 11) is 0. The van der Waals surface area contributed by atoms with Gasteiger partial charge in [-0.1, -0.05) is 257 Å². The molecule has 16 aromatic carbocycles. The number of hydrogen-bond donors (Lipinski definition) is 0. The zero-order chi connectivity index (χ0) is 68.7. The van der Waals surface area contributed by atoms with Crippen molar-refractivity contribution >= 4 is 109 Å². The van der Waals surface area contributed by atoms with Crippen LogP contribution in [0.2, 0.25) is 0 Å². The van der Waals surface area contributed by atoms with Crippen LogP contribution in [0, 0.1) is 0 Å². The lowest BCUT2D eigenvalue weighted by Crippen LogP contribution is -2.15. The molecule has 0 spiro atoms. The summed E-state index contributed by atoms with van der Waals surface area (Å²) in [5.74, 6) is 0. The fourth-order valence-electron chi connectivity index (χ4n) is 17.3. The average molecular weight is 1330 g/mol. The van der Waals surface area contributed by atoms with E-state index >= 15 is 0 Å². The highest BCUT2D eigenvalue weighted by Gasteiger charge is 2.36. The lowest BCUT2D eigenvalue weighted by molar-refractivity contribution is 0.660. The van der Waals surface area contributed by atoms with Crippen molar-refractivity contribution in [3.05, 3.63) is 375 Å². The van der Waals surface area contributed by atoms with Gasteiger partial charge < -0.3 is 22.7 Å². The summed E-state index contributed by atoms with van der Waals surface area (Å²) in [6.07, 6.45) is 0. The molecule has 5 nitrogen and oxygen atoms in total. The van der Waals surface area contributed by atoms with Crippen molar-refractivity contribution in [1.29, 1.82) is 0 Å². The maximum atomic E-state index is 6.16. The van der Waals surface area contributed by atoms with Gasteiger partial charge in [-0.05, 0) is 188 Å². The van der Waals surface area contributed by atoms with Crippen LogP contribution in [0.4, 0.5) is 0 Å². The summed E-state index contributed by atoms with van der Waals surface area (Å²) in [5.41, 5.74) is 31.2. The molecule has 0 radical (unpaired) electrons. The lowest BCUT2D eigenvalue weighted by Gasteiger charge is -2.22. The van der Waals surface area contributed by atoms with Gasteiger partial charge in [-0.25, -0.2) is 0 Å². The number of fused-ring (bicyclic) bond motifs is 18. The Morgan fingerprint density at radius 2 is 0.529 bits per heavy atom. The molecule has 5 heteroatoms. The van der Waals surface area contributed by atoms with Crippen molar-refractivity contribution in [3.63, 3.8) is 0 Å². The summed E-state index contributed by atoms with van der Waals surface area (Å²) in [6.45, 7) is 4.71. The Kier molecular flexibility index (Phi) is 13.3.